The first kappa shape index (κ1) is 15.1. The summed E-state index contributed by atoms with van der Waals surface area (Å²) in [5.41, 5.74) is 0.252. The van der Waals surface area contributed by atoms with E-state index in [-0.39, 0.29) is 10.6 Å². The fourth-order valence-electron chi connectivity index (χ4n) is 2.19. The van der Waals surface area contributed by atoms with Gasteiger partial charge in [-0.25, -0.2) is 4.98 Å². The first-order valence-corrected chi connectivity index (χ1v) is 7.26. The van der Waals surface area contributed by atoms with Crippen LogP contribution in [-0.2, 0) is 4.79 Å². The van der Waals surface area contributed by atoms with Gasteiger partial charge in [-0.15, -0.1) is 11.3 Å². The number of hydrogen-bond acceptors (Lipinski definition) is 7. The van der Waals surface area contributed by atoms with Gasteiger partial charge in [0.2, 0.25) is 6.04 Å². The summed E-state index contributed by atoms with van der Waals surface area (Å²) in [5, 5.41) is 27.5. The van der Waals surface area contributed by atoms with Crippen molar-refractivity contribution >= 4 is 28.1 Å². The third-order valence-electron chi connectivity index (χ3n) is 3.19. The lowest BCUT2D eigenvalue weighted by atomic mass is 9.89. The summed E-state index contributed by atoms with van der Waals surface area (Å²) in [7, 11) is 0. The summed E-state index contributed by atoms with van der Waals surface area (Å²) in [4.78, 5) is 26.5. The lowest BCUT2D eigenvalue weighted by Gasteiger charge is -2.18. The first-order chi connectivity index (χ1) is 10.1. The van der Waals surface area contributed by atoms with Crippen LogP contribution in [0, 0.1) is 10.1 Å². The van der Waals surface area contributed by atoms with Gasteiger partial charge in [0.1, 0.15) is 0 Å². The van der Waals surface area contributed by atoms with Crippen molar-refractivity contribution in [3.05, 3.63) is 33.3 Å². The van der Waals surface area contributed by atoms with Crippen molar-refractivity contribution in [2.24, 2.45) is 5.16 Å². The predicted molar refractivity (Wildman–Crippen MR) is 77.3 cm³/mol. The minimum absolute atomic E-state index is 0.256. The second-order valence-electron chi connectivity index (χ2n) is 4.54. The smallest absolute Gasteiger partial charge is 0.279 e. The molecule has 1 atom stereocenters. The fraction of sp³-hybridized carbons (Fsp3) is 0.417. The van der Waals surface area contributed by atoms with Crippen LogP contribution in [0.15, 0.2) is 28.4 Å². The number of anilines is 1. The van der Waals surface area contributed by atoms with Gasteiger partial charge in [0.25, 0.3) is 5.91 Å². The Morgan fingerprint density at radius 3 is 3.05 bits per heavy atom. The molecule has 0 bridgehead atoms. The highest BCUT2D eigenvalue weighted by atomic mass is 32.1. The first-order valence-electron chi connectivity index (χ1n) is 6.38. The molecular weight excluding hydrogens is 296 g/mol. The molecule has 1 heterocycles. The number of rotatable bonds is 4. The minimum Gasteiger partial charge on any atom is -0.410 e. The van der Waals surface area contributed by atoms with Crippen molar-refractivity contribution in [1.82, 2.24) is 4.98 Å². The molecule has 1 aliphatic rings. The molecule has 8 nitrogen and oxygen atoms in total. The number of hydrogen-bond donors (Lipinski definition) is 2. The van der Waals surface area contributed by atoms with Crippen LogP contribution in [0.4, 0.5) is 5.13 Å². The molecule has 0 aliphatic heterocycles. The second kappa shape index (κ2) is 6.93. The SMILES string of the molecule is O=C(Nc1nccs1)C(/C=C1\CCCCC1[N+](=O)[O-])=N/O. The van der Waals surface area contributed by atoms with Crippen LogP contribution in [0.5, 0.6) is 0 Å². The van der Waals surface area contributed by atoms with Gasteiger partial charge in [0.05, 0.1) is 0 Å². The molecule has 0 aromatic carbocycles. The molecule has 112 valence electrons. The van der Waals surface area contributed by atoms with E-state index in [1.807, 2.05) is 0 Å². The van der Waals surface area contributed by atoms with Crippen LogP contribution >= 0.6 is 11.3 Å². The van der Waals surface area contributed by atoms with Gasteiger partial charge >= 0.3 is 0 Å². The van der Waals surface area contributed by atoms with Crippen LogP contribution in [-0.4, -0.2) is 32.8 Å². The number of thiazole rings is 1. The van der Waals surface area contributed by atoms with E-state index in [2.05, 4.69) is 15.5 Å². The molecule has 0 radical (unpaired) electrons. The Hall–Kier alpha value is -2.29. The summed E-state index contributed by atoms with van der Waals surface area (Å²) < 4.78 is 0. The molecular formula is C12H14N4O4S. The summed E-state index contributed by atoms with van der Waals surface area (Å²) >= 11 is 1.22. The number of carbonyl (C=O) groups excluding carboxylic acids is 1. The fourth-order valence-corrected chi connectivity index (χ4v) is 2.71. The number of aromatic nitrogens is 1. The van der Waals surface area contributed by atoms with Crippen LogP contribution < -0.4 is 5.32 Å². The molecule has 1 saturated carbocycles. The van der Waals surface area contributed by atoms with Gasteiger partial charge in [0, 0.05) is 28.5 Å². The van der Waals surface area contributed by atoms with Gasteiger partial charge in [-0.2, -0.15) is 0 Å². The van der Waals surface area contributed by atoms with Gasteiger partial charge in [-0.1, -0.05) is 5.16 Å². The van der Waals surface area contributed by atoms with E-state index in [1.165, 1.54) is 23.6 Å². The van der Waals surface area contributed by atoms with E-state index >= 15 is 0 Å². The highest BCUT2D eigenvalue weighted by Gasteiger charge is 2.29. The topological polar surface area (TPSA) is 118 Å². The zero-order valence-corrected chi connectivity index (χ0v) is 11.9. The third kappa shape index (κ3) is 3.85. The van der Waals surface area contributed by atoms with E-state index in [0.717, 1.165) is 12.8 Å². The summed E-state index contributed by atoms with van der Waals surface area (Å²) in [6, 6.07) is -0.817. The molecule has 1 aliphatic carbocycles. The molecule has 2 rings (SSSR count). The summed E-state index contributed by atoms with van der Waals surface area (Å²) in [6.45, 7) is 0. The van der Waals surface area contributed by atoms with Gasteiger partial charge in [0.15, 0.2) is 10.8 Å². The van der Waals surface area contributed by atoms with Crippen molar-refractivity contribution in [3.8, 4) is 0 Å². The van der Waals surface area contributed by atoms with Crippen molar-refractivity contribution in [2.75, 3.05) is 5.32 Å². The molecule has 1 fully saturated rings. The number of nitrogens with zero attached hydrogens (tertiary/aromatic N) is 3. The monoisotopic (exact) mass is 310 g/mol. The number of carbonyl (C=O) groups is 1. The molecule has 0 saturated heterocycles. The third-order valence-corrected chi connectivity index (χ3v) is 3.88. The molecule has 2 N–H and O–H groups in total. The quantitative estimate of drug-likeness (QED) is 0.382. The lowest BCUT2D eigenvalue weighted by Crippen LogP contribution is -2.28. The number of nitrogens with one attached hydrogen (secondary N) is 1. The van der Waals surface area contributed by atoms with Gasteiger partial charge < -0.3 is 5.21 Å². The molecule has 1 unspecified atom stereocenters. The van der Waals surface area contributed by atoms with Crippen molar-refractivity contribution in [2.45, 2.75) is 31.7 Å². The van der Waals surface area contributed by atoms with Gasteiger partial charge in [-0.05, 0) is 25.3 Å². The van der Waals surface area contributed by atoms with E-state index in [1.54, 1.807) is 5.38 Å². The van der Waals surface area contributed by atoms with E-state index in [0.29, 0.717) is 23.5 Å². The van der Waals surface area contributed by atoms with Crippen LogP contribution in [0.2, 0.25) is 0 Å². The molecule has 1 aromatic heterocycles. The normalized spacial score (nSPS) is 21.2. The van der Waals surface area contributed by atoms with E-state index < -0.39 is 11.9 Å². The highest BCUT2D eigenvalue weighted by molar-refractivity contribution is 7.13. The number of oxime groups is 1. The molecule has 1 aromatic rings. The van der Waals surface area contributed by atoms with Crippen LogP contribution in [0.3, 0.4) is 0 Å². The predicted octanol–water partition coefficient (Wildman–Crippen LogP) is 2.06. The average Bonchev–Trinajstić information content (AvgIpc) is 2.97. The standard InChI is InChI=1S/C12H14N4O4S/c17-11(14-12-13-5-6-21-12)9(15-18)7-8-3-1-2-4-10(8)16(19)20/h5-7,10,18H,1-4H2,(H,13,14,17)/b8-7+,15-9+. The van der Waals surface area contributed by atoms with Crippen molar-refractivity contribution in [3.63, 3.8) is 0 Å². The lowest BCUT2D eigenvalue weighted by molar-refractivity contribution is -0.514. The average molecular weight is 310 g/mol. The molecule has 1 amide bonds. The maximum atomic E-state index is 11.9. The van der Waals surface area contributed by atoms with Gasteiger partial charge in [-0.3, -0.25) is 20.2 Å². The van der Waals surface area contributed by atoms with Crippen LogP contribution in [0.1, 0.15) is 25.7 Å². The second-order valence-corrected chi connectivity index (χ2v) is 5.44. The minimum atomic E-state index is -0.817. The Balaban J connectivity index is 2.15. The van der Waals surface area contributed by atoms with Crippen LogP contribution in [0.25, 0.3) is 0 Å². The zero-order valence-electron chi connectivity index (χ0n) is 11.1. The summed E-state index contributed by atoms with van der Waals surface area (Å²) in [5.74, 6) is -0.646. The van der Waals surface area contributed by atoms with E-state index in [4.69, 9.17) is 5.21 Å². The highest BCUT2D eigenvalue weighted by Crippen LogP contribution is 2.25. The Labute approximate surface area is 124 Å². The number of nitro groups is 1. The Bertz CT molecular complexity index is 582. The Kier molecular flexibility index (Phi) is 4.99. The van der Waals surface area contributed by atoms with Crippen molar-refractivity contribution in [1.29, 1.82) is 0 Å². The number of amides is 1. The Morgan fingerprint density at radius 2 is 2.43 bits per heavy atom. The Morgan fingerprint density at radius 1 is 1.62 bits per heavy atom. The summed E-state index contributed by atoms with van der Waals surface area (Å²) in [6.07, 6.45) is 5.39. The maximum Gasteiger partial charge on any atom is 0.279 e. The maximum absolute atomic E-state index is 11.9. The molecule has 21 heavy (non-hydrogen) atoms. The molecule has 9 heteroatoms. The zero-order chi connectivity index (χ0) is 15.2. The molecule has 0 spiro atoms. The van der Waals surface area contributed by atoms with E-state index in [9.17, 15) is 14.9 Å². The largest absolute Gasteiger partial charge is 0.410 e. The van der Waals surface area contributed by atoms with Crippen molar-refractivity contribution < 1.29 is 14.9 Å².